The van der Waals surface area contributed by atoms with Crippen LogP contribution in [0.5, 0.6) is 0 Å². The van der Waals surface area contributed by atoms with Gasteiger partial charge in [-0.3, -0.25) is 10.2 Å². The van der Waals surface area contributed by atoms with Crippen LogP contribution in [0.15, 0.2) is 41.5 Å². The van der Waals surface area contributed by atoms with Crippen LogP contribution in [-0.4, -0.2) is 28.0 Å². The lowest BCUT2D eigenvalue weighted by molar-refractivity contribution is -0.114. The Hall–Kier alpha value is -2.81. The number of hydrogen-bond donors (Lipinski definition) is 3. The number of rotatable bonds is 5. The normalized spacial score (nSPS) is 11.3. The van der Waals surface area contributed by atoms with E-state index in [2.05, 4.69) is 20.3 Å². The van der Waals surface area contributed by atoms with Crippen molar-refractivity contribution in [2.75, 3.05) is 5.32 Å². The van der Waals surface area contributed by atoms with E-state index in [0.717, 1.165) is 11.9 Å². The Morgan fingerprint density at radius 1 is 1.32 bits per heavy atom. The van der Waals surface area contributed by atoms with Gasteiger partial charge in [0.2, 0.25) is 5.91 Å². The molecule has 0 fully saturated rings. The molecule has 3 aromatic rings. The van der Waals surface area contributed by atoms with Gasteiger partial charge in [0.15, 0.2) is 0 Å². The lowest BCUT2D eigenvalue weighted by atomic mass is 10.1. The molecule has 0 radical (unpaired) electrons. The molecule has 0 bridgehead atoms. The maximum Gasteiger partial charge on any atom is 0.222 e. The molecule has 2 aromatic heterocycles. The summed E-state index contributed by atoms with van der Waals surface area (Å²) < 4.78 is 0. The molecule has 0 unspecified atom stereocenters. The summed E-state index contributed by atoms with van der Waals surface area (Å²) in [5, 5.41) is 11.4. The first-order valence-corrected chi connectivity index (χ1v) is 9.49. The van der Waals surface area contributed by atoms with E-state index in [1.807, 2.05) is 0 Å². The molecule has 10 heteroatoms. The molecule has 0 saturated carbocycles. The number of nitrogens with two attached hydrogens (primary N) is 1. The van der Waals surface area contributed by atoms with E-state index < -0.39 is 0 Å². The third-order valence-electron chi connectivity index (χ3n) is 3.56. The average molecular weight is 433 g/mol. The second kappa shape index (κ2) is 8.47. The molecule has 3 rings (SSSR count). The van der Waals surface area contributed by atoms with Gasteiger partial charge >= 0.3 is 0 Å². The number of aromatic nitrogens is 2. The Labute approximate surface area is 174 Å². The van der Waals surface area contributed by atoms with Gasteiger partial charge < -0.3 is 11.1 Å². The van der Waals surface area contributed by atoms with Crippen LogP contribution >= 0.6 is 34.5 Å². The van der Waals surface area contributed by atoms with E-state index in [0.29, 0.717) is 37.0 Å². The number of amides is 1. The van der Waals surface area contributed by atoms with Crippen molar-refractivity contribution in [1.82, 2.24) is 9.97 Å². The van der Waals surface area contributed by atoms with E-state index in [1.165, 1.54) is 18.3 Å². The Morgan fingerprint density at radius 2 is 2.11 bits per heavy atom. The molecular weight excluding hydrogens is 419 g/mol. The quantitative estimate of drug-likeness (QED) is 0.407. The van der Waals surface area contributed by atoms with Crippen LogP contribution in [0.3, 0.4) is 0 Å². The molecule has 0 atom stereocenters. The molecule has 1 aromatic carbocycles. The molecule has 28 heavy (non-hydrogen) atoms. The highest BCUT2D eigenvalue weighted by atomic mass is 35.5. The molecule has 0 aliphatic carbocycles. The van der Waals surface area contributed by atoms with Gasteiger partial charge in [0.05, 0.1) is 15.6 Å². The molecule has 0 aliphatic heterocycles. The number of nitrogens with zero attached hydrogens (tertiary/aromatic N) is 3. The summed E-state index contributed by atoms with van der Waals surface area (Å²) in [5.74, 6) is 0.338. The zero-order valence-corrected chi connectivity index (χ0v) is 16.9. The Bertz CT molecular complexity index is 1100. The standard InChI is InChI=1S/C18H14Cl2N6OS/c1-9(27)25-14-6-10(4-5-23-14)18-26-15(16(28-18)17(22)24-8-21)12-3-2-11(19)7-13(12)20/h2-8H,1H3,(H3,21,22,24)(H,23,25,27). The van der Waals surface area contributed by atoms with Crippen molar-refractivity contribution in [3.8, 4) is 21.8 Å². The highest BCUT2D eigenvalue weighted by Gasteiger charge is 2.19. The zero-order chi connectivity index (χ0) is 20.3. The predicted molar refractivity (Wildman–Crippen MR) is 115 cm³/mol. The molecule has 4 N–H and O–H groups in total. The molecule has 0 spiro atoms. The number of hydrogen-bond acceptors (Lipinski definition) is 5. The summed E-state index contributed by atoms with van der Waals surface area (Å²) in [6, 6.07) is 8.55. The van der Waals surface area contributed by atoms with Crippen LogP contribution in [0.2, 0.25) is 10.0 Å². The van der Waals surface area contributed by atoms with Crippen molar-refractivity contribution in [2.45, 2.75) is 6.92 Å². The van der Waals surface area contributed by atoms with E-state index in [4.69, 9.17) is 34.3 Å². The minimum Gasteiger partial charge on any atom is -0.382 e. The van der Waals surface area contributed by atoms with Gasteiger partial charge in [0.25, 0.3) is 0 Å². The topological polar surface area (TPSA) is 117 Å². The number of anilines is 1. The van der Waals surface area contributed by atoms with Gasteiger partial charge in [0, 0.05) is 29.3 Å². The fourth-order valence-corrected chi connectivity index (χ4v) is 3.90. The summed E-state index contributed by atoms with van der Waals surface area (Å²) in [6.07, 6.45) is 2.44. The predicted octanol–water partition coefficient (Wildman–Crippen LogP) is 4.45. The smallest absolute Gasteiger partial charge is 0.222 e. The number of carbonyl (C=O) groups is 1. The number of benzene rings is 1. The third kappa shape index (κ3) is 4.36. The molecule has 0 aliphatic rings. The molecule has 142 valence electrons. The summed E-state index contributed by atoms with van der Waals surface area (Å²) in [4.78, 5) is 24.5. The van der Waals surface area contributed by atoms with E-state index >= 15 is 0 Å². The fraction of sp³-hybridized carbons (Fsp3) is 0.0556. The summed E-state index contributed by atoms with van der Waals surface area (Å²) in [5.41, 5.74) is 7.95. The number of nitrogens with one attached hydrogen (secondary N) is 2. The third-order valence-corrected chi connectivity index (χ3v) is 5.24. The van der Waals surface area contributed by atoms with Gasteiger partial charge in [-0.15, -0.1) is 11.3 Å². The first-order valence-electron chi connectivity index (χ1n) is 7.92. The van der Waals surface area contributed by atoms with Crippen LogP contribution in [-0.2, 0) is 4.79 Å². The van der Waals surface area contributed by atoms with Crippen molar-refractivity contribution in [2.24, 2.45) is 10.7 Å². The van der Waals surface area contributed by atoms with Crippen molar-refractivity contribution < 1.29 is 4.79 Å². The number of thiazole rings is 1. The number of amidine groups is 1. The fourth-order valence-electron chi connectivity index (χ4n) is 2.42. The van der Waals surface area contributed by atoms with Crippen molar-refractivity contribution in [1.29, 1.82) is 5.41 Å². The largest absolute Gasteiger partial charge is 0.382 e. The molecule has 2 heterocycles. The van der Waals surface area contributed by atoms with Gasteiger partial charge in [-0.2, -0.15) is 0 Å². The van der Waals surface area contributed by atoms with E-state index in [-0.39, 0.29) is 11.7 Å². The first kappa shape index (κ1) is 19.9. The van der Waals surface area contributed by atoms with Gasteiger partial charge in [-0.25, -0.2) is 15.0 Å². The molecule has 7 nitrogen and oxygen atoms in total. The highest BCUT2D eigenvalue weighted by Crippen LogP contribution is 2.38. The number of aliphatic imine (C=N–C) groups is 1. The summed E-state index contributed by atoms with van der Waals surface area (Å²) in [7, 11) is 0. The van der Waals surface area contributed by atoms with E-state index in [1.54, 1.807) is 36.5 Å². The number of pyridine rings is 1. The van der Waals surface area contributed by atoms with Crippen LogP contribution in [0.1, 0.15) is 11.8 Å². The lowest BCUT2D eigenvalue weighted by Gasteiger charge is -2.04. The molecule has 0 saturated heterocycles. The minimum atomic E-state index is -0.222. The van der Waals surface area contributed by atoms with Gasteiger partial charge in [-0.1, -0.05) is 23.2 Å². The van der Waals surface area contributed by atoms with Crippen LogP contribution in [0.25, 0.3) is 21.8 Å². The van der Waals surface area contributed by atoms with Crippen molar-refractivity contribution in [3.63, 3.8) is 0 Å². The van der Waals surface area contributed by atoms with E-state index in [9.17, 15) is 4.79 Å². The lowest BCUT2D eigenvalue weighted by Crippen LogP contribution is -2.12. The first-order chi connectivity index (χ1) is 13.4. The second-order valence-corrected chi connectivity index (χ2v) is 7.42. The molecular formula is C18H14Cl2N6OS. The monoisotopic (exact) mass is 432 g/mol. The Balaban J connectivity index is 2.16. The number of halogens is 2. The summed E-state index contributed by atoms with van der Waals surface area (Å²) >= 11 is 13.6. The SMILES string of the molecule is CC(=O)Nc1cc(-c2nc(-c3ccc(Cl)cc3Cl)c(C(N)=NC=N)s2)ccn1. The van der Waals surface area contributed by atoms with Crippen LogP contribution in [0, 0.1) is 5.41 Å². The highest BCUT2D eigenvalue weighted by molar-refractivity contribution is 7.17. The molecule has 1 amide bonds. The number of carbonyl (C=O) groups excluding carboxylic acids is 1. The second-order valence-electron chi connectivity index (χ2n) is 5.58. The minimum absolute atomic E-state index is 0.149. The van der Waals surface area contributed by atoms with Crippen molar-refractivity contribution in [3.05, 3.63) is 51.5 Å². The zero-order valence-electron chi connectivity index (χ0n) is 14.5. The average Bonchev–Trinajstić information content (AvgIpc) is 3.07. The maximum absolute atomic E-state index is 11.3. The van der Waals surface area contributed by atoms with Gasteiger partial charge in [0.1, 0.15) is 23.0 Å². The summed E-state index contributed by atoms with van der Waals surface area (Å²) in [6.45, 7) is 1.41. The Kier molecular flexibility index (Phi) is 6.03. The van der Waals surface area contributed by atoms with Crippen LogP contribution < -0.4 is 11.1 Å². The van der Waals surface area contributed by atoms with Gasteiger partial charge in [-0.05, 0) is 30.3 Å². The van der Waals surface area contributed by atoms with Crippen molar-refractivity contribution >= 4 is 58.4 Å². The maximum atomic E-state index is 11.3. The van der Waals surface area contributed by atoms with Crippen LogP contribution in [0.4, 0.5) is 5.82 Å². The Morgan fingerprint density at radius 3 is 2.79 bits per heavy atom.